The Hall–Kier alpha value is -3.37. The van der Waals surface area contributed by atoms with Crippen molar-refractivity contribution in [2.24, 2.45) is 7.05 Å². The third kappa shape index (κ3) is 4.51. The van der Waals surface area contributed by atoms with Gasteiger partial charge in [-0.3, -0.25) is 9.59 Å². The maximum Gasteiger partial charge on any atom is 0.256 e. The Balaban J connectivity index is 1.39. The second-order valence-electron chi connectivity index (χ2n) is 8.83. The van der Waals surface area contributed by atoms with Gasteiger partial charge in [-0.2, -0.15) is 4.31 Å². The minimum atomic E-state index is -3.71. The van der Waals surface area contributed by atoms with E-state index in [4.69, 9.17) is 9.47 Å². The number of piperidine rings is 1. The molecule has 1 N–H and O–H groups in total. The number of carbonyl (C=O) groups is 1. The molecule has 5 rings (SSSR count). The van der Waals surface area contributed by atoms with Crippen molar-refractivity contribution in [1.82, 2.24) is 14.2 Å². The van der Waals surface area contributed by atoms with E-state index < -0.39 is 27.5 Å². The van der Waals surface area contributed by atoms with Crippen LogP contribution < -0.4 is 20.2 Å². The van der Waals surface area contributed by atoms with Crippen LogP contribution >= 0.6 is 0 Å². The van der Waals surface area contributed by atoms with Crippen molar-refractivity contribution in [2.45, 2.75) is 30.3 Å². The van der Waals surface area contributed by atoms with Crippen LogP contribution in [0.4, 0.5) is 0 Å². The smallest absolute Gasteiger partial charge is 0.256 e. The molecule has 3 aromatic rings. The first-order valence-corrected chi connectivity index (χ1v) is 13.1. The SMILES string of the molecule is Cn1cc(C(=O)NC[C@@H]2COc3ccccc3O2)c(=O)c2cc(S(=O)(=O)N3CCCCC3)ccc21. The number of ether oxygens (including phenoxy) is 2. The summed E-state index contributed by atoms with van der Waals surface area (Å²) in [5.74, 6) is 0.690. The number of aromatic nitrogens is 1. The number of benzene rings is 2. The van der Waals surface area contributed by atoms with Crippen LogP contribution in [0.25, 0.3) is 10.9 Å². The Morgan fingerprint density at radius 2 is 1.83 bits per heavy atom. The number of sulfonamides is 1. The zero-order valence-electron chi connectivity index (χ0n) is 19.4. The number of hydrogen-bond acceptors (Lipinski definition) is 6. The van der Waals surface area contributed by atoms with Gasteiger partial charge in [0.05, 0.1) is 17.0 Å². The fourth-order valence-corrected chi connectivity index (χ4v) is 6.06. The summed E-state index contributed by atoms with van der Waals surface area (Å²) in [4.78, 5) is 26.2. The molecular weight excluding hydrogens is 470 g/mol. The number of aryl methyl sites for hydroxylation is 1. The maximum atomic E-state index is 13.3. The summed E-state index contributed by atoms with van der Waals surface area (Å²) in [5.41, 5.74) is -0.0353. The lowest BCUT2D eigenvalue weighted by atomic mass is 10.1. The topological polar surface area (TPSA) is 107 Å². The second kappa shape index (κ2) is 9.35. The highest BCUT2D eigenvalue weighted by atomic mass is 32.2. The number of nitrogens with one attached hydrogen (secondary N) is 1. The molecule has 0 spiro atoms. The molecule has 1 amide bonds. The quantitative estimate of drug-likeness (QED) is 0.580. The van der Waals surface area contributed by atoms with E-state index in [-0.39, 0.29) is 29.0 Å². The van der Waals surface area contributed by atoms with Crippen molar-refractivity contribution in [1.29, 1.82) is 0 Å². The number of para-hydroxylation sites is 2. The van der Waals surface area contributed by atoms with E-state index in [2.05, 4.69) is 5.32 Å². The molecule has 0 radical (unpaired) electrons. The van der Waals surface area contributed by atoms with Crippen LogP contribution in [0.2, 0.25) is 0 Å². The Kier molecular flexibility index (Phi) is 6.24. The Morgan fingerprint density at radius 3 is 2.60 bits per heavy atom. The summed E-state index contributed by atoms with van der Waals surface area (Å²) in [6, 6.07) is 11.8. The molecule has 1 aromatic heterocycles. The lowest BCUT2D eigenvalue weighted by Gasteiger charge is -2.26. The van der Waals surface area contributed by atoms with Gasteiger partial charge in [0, 0.05) is 31.7 Å². The van der Waals surface area contributed by atoms with Gasteiger partial charge in [-0.25, -0.2) is 8.42 Å². The molecule has 2 aromatic carbocycles. The third-order valence-corrected chi connectivity index (χ3v) is 8.31. The highest BCUT2D eigenvalue weighted by Crippen LogP contribution is 2.30. The number of carbonyl (C=O) groups excluding carboxylic acids is 1. The second-order valence-corrected chi connectivity index (χ2v) is 10.8. The number of amides is 1. The van der Waals surface area contributed by atoms with Gasteiger partial charge in [0.15, 0.2) is 11.5 Å². The van der Waals surface area contributed by atoms with Crippen molar-refractivity contribution in [3.63, 3.8) is 0 Å². The van der Waals surface area contributed by atoms with Crippen LogP contribution in [0.15, 0.2) is 58.4 Å². The average Bonchev–Trinajstić information content (AvgIpc) is 2.89. The first-order chi connectivity index (χ1) is 16.8. The van der Waals surface area contributed by atoms with E-state index in [1.807, 2.05) is 18.2 Å². The van der Waals surface area contributed by atoms with Crippen LogP contribution in [0.3, 0.4) is 0 Å². The lowest BCUT2D eigenvalue weighted by Crippen LogP contribution is -2.41. The normalized spacial score (nSPS) is 18.4. The molecule has 35 heavy (non-hydrogen) atoms. The summed E-state index contributed by atoms with van der Waals surface area (Å²) in [6.07, 6.45) is 3.71. The molecule has 3 heterocycles. The molecule has 0 unspecified atom stereocenters. The summed E-state index contributed by atoms with van der Waals surface area (Å²) in [7, 11) is -2.00. The first-order valence-electron chi connectivity index (χ1n) is 11.6. The van der Waals surface area contributed by atoms with Crippen LogP contribution in [0, 0.1) is 0 Å². The largest absolute Gasteiger partial charge is 0.486 e. The molecule has 0 saturated carbocycles. The van der Waals surface area contributed by atoms with Crippen molar-refractivity contribution >= 4 is 26.8 Å². The molecule has 2 aliphatic heterocycles. The molecular formula is C25H27N3O6S. The first kappa shape index (κ1) is 23.4. The van der Waals surface area contributed by atoms with Crippen LogP contribution in [0.1, 0.15) is 29.6 Å². The lowest BCUT2D eigenvalue weighted by molar-refractivity contribution is 0.0788. The Labute approximate surface area is 203 Å². The Morgan fingerprint density at radius 1 is 1.09 bits per heavy atom. The fraction of sp³-hybridized carbons (Fsp3) is 0.360. The molecule has 2 aliphatic rings. The van der Waals surface area contributed by atoms with Crippen LogP contribution in [0.5, 0.6) is 11.5 Å². The molecule has 0 aliphatic carbocycles. The van der Waals surface area contributed by atoms with Crippen molar-refractivity contribution in [3.05, 3.63) is 64.4 Å². The van der Waals surface area contributed by atoms with Crippen LogP contribution in [-0.2, 0) is 17.1 Å². The van der Waals surface area contributed by atoms with Crippen molar-refractivity contribution in [3.8, 4) is 11.5 Å². The van der Waals surface area contributed by atoms with Gasteiger partial charge < -0.3 is 19.4 Å². The van der Waals surface area contributed by atoms with E-state index in [9.17, 15) is 18.0 Å². The minimum Gasteiger partial charge on any atom is -0.486 e. The monoisotopic (exact) mass is 497 g/mol. The van der Waals surface area contributed by atoms with Crippen molar-refractivity contribution in [2.75, 3.05) is 26.2 Å². The zero-order valence-corrected chi connectivity index (χ0v) is 20.2. The van der Waals surface area contributed by atoms with Gasteiger partial charge >= 0.3 is 0 Å². The van der Waals surface area contributed by atoms with E-state index in [1.165, 1.54) is 22.6 Å². The summed E-state index contributed by atoms with van der Waals surface area (Å²) in [5, 5.41) is 2.93. The molecule has 0 bridgehead atoms. The predicted molar refractivity (Wildman–Crippen MR) is 130 cm³/mol. The van der Waals surface area contributed by atoms with E-state index >= 15 is 0 Å². The summed E-state index contributed by atoms with van der Waals surface area (Å²) >= 11 is 0. The van der Waals surface area contributed by atoms with Crippen molar-refractivity contribution < 1.29 is 22.7 Å². The molecule has 184 valence electrons. The summed E-state index contributed by atoms with van der Waals surface area (Å²) < 4.78 is 40.9. The van der Waals surface area contributed by atoms with E-state index in [0.717, 1.165) is 19.3 Å². The minimum absolute atomic E-state index is 0.0629. The van der Waals surface area contributed by atoms with Gasteiger partial charge in [-0.1, -0.05) is 18.6 Å². The van der Waals surface area contributed by atoms with Gasteiger partial charge in [0.1, 0.15) is 18.3 Å². The zero-order chi connectivity index (χ0) is 24.6. The molecule has 1 saturated heterocycles. The van der Waals surface area contributed by atoms with E-state index in [0.29, 0.717) is 30.1 Å². The summed E-state index contributed by atoms with van der Waals surface area (Å²) in [6.45, 7) is 1.36. The van der Waals surface area contributed by atoms with E-state index in [1.54, 1.807) is 23.7 Å². The Bertz CT molecular complexity index is 1440. The molecule has 9 nitrogen and oxygen atoms in total. The highest BCUT2D eigenvalue weighted by Gasteiger charge is 2.27. The van der Waals surface area contributed by atoms with Crippen LogP contribution in [-0.4, -0.2) is 55.5 Å². The van der Waals surface area contributed by atoms with Gasteiger partial charge in [0.2, 0.25) is 15.5 Å². The van der Waals surface area contributed by atoms with Gasteiger partial charge in [-0.15, -0.1) is 0 Å². The number of pyridine rings is 1. The molecule has 1 atom stereocenters. The highest BCUT2D eigenvalue weighted by molar-refractivity contribution is 7.89. The average molecular weight is 498 g/mol. The number of hydrogen-bond donors (Lipinski definition) is 1. The van der Waals surface area contributed by atoms with Gasteiger partial charge in [-0.05, 0) is 43.2 Å². The number of rotatable bonds is 5. The molecule has 10 heteroatoms. The number of nitrogens with zero attached hydrogens (tertiary/aromatic N) is 2. The fourth-order valence-electron chi connectivity index (χ4n) is 4.51. The predicted octanol–water partition coefficient (Wildman–Crippen LogP) is 2.28. The van der Waals surface area contributed by atoms with Gasteiger partial charge in [0.25, 0.3) is 5.91 Å². The standard InChI is InChI=1S/C25H27N3O6S/c1-27-15-20(25(30)26-14-17-16-33-22-7-3-4-8-23(22)34-17)24(29)19-13-18(9-10-21(19)27)35(31,32)28-11-5-2-6-12-28/h3-4,7-10,13,15,17H,2,5-6,11-12,14,16H2,1H3,(H,26,30)/t17-/m1/s1. The number of fused-ring (bicyclic) bond motifs is 2. The third-order valence-electron chi connectivity index (χ3n) is 6.42. The maximum absolute atomic E-state index is 13.3. The molecule has 1 fully saturated rings.